The zero-order valence-electron chi connectivity index (χ0n) is 22.2. The van der Waals surface area contributed by atoms with E-state index in [0.29, 0.717) is 23.7 Å². The van der Waals surface area contributed by atoms with Crippen molar-refractivity contribution in [1.82, 2.24) is 10.3 Å². The van der Waals surface area contributed by atoms with Gasteiger partial charge in [0, 0.05) is 42.6 Å². The number of aromatic nitrogens is 1. The number of aryl methyl sites for hydroxylation is 1. The van der Waals surface area contributed by atoms with Crippen molar-refractivity contribution in [1.29, 1.82) is 0 Å². The molecule has 0 saturated carbocycles. The number of benzene rings is 3. The van der Waals surface area contributed by atoms with Crippen LogP contribution in [-0.2, 0) is 30.5 Å². The predicted octanol–water partition coefficient (Wildman–Crippen LogP) is 5.47. The van der Waals surface area contributed by atoms with Crippen LogP contribution in [0.1, 0.15) is 39.7 Å². The molecule has 5 rings (SSSR count). The lowest BCUT2D eigenvalue weighted by atomic mass is 10.0. The average molecular weight is 564 g/mol. The van der Waals surface area contributed by atoms with Crippen LogP contribution in [0.25, 0.3) is 10.6 Å². The number of carbonyl (C=O) groups excluding carboxylic acids is 1. The van der Waals surface area contributed by atoms with Crippen LogP contribution in [0.5, 0.6) is 5.75 Å². The van der Waals surface area contributed by atoms with Gasteiger partial charge >= 0.3 is 5.97 Å². The molecule has 0 amide bonds. The lowest BCUT2D eigenvalue weighted by Gasteiger charge is -2.24. The van der Waals surface area contributed by atoms with Crippen molar-refractivity contribution < 1.29 is 23.0 Å². The highest BCUT2D eigenvalue weighted by atomic mass is 32.1. The summed E-state index contributed by atoms with van der Waals surface area (Å²) < 4.78 is 39.0. The van der Waals surface area contributed by atoms with E-state index in [1.54, 1.807) is 5.38 Å². The molecule has 1 aliphatic heterocycles. The minimum absolute atomic E-state index is 0.124. The van der Waals surface area contributed by atoms with Crippen LogP contribution >= 0.6 is 11.3 Å². The van der Waals surface area contributed by atoms with Gasteiger partial charge in [-0.25, -0.2) is 18.6 Å². The van der Waals surface area contributed by atoms with Gasteiger partial charge in [-0.05, 0) is 65.4 Å². The van der Waals surface area contributed by atoms with Gasteiger partial charge in [-0.15, -0.1) is 11.3 Å². The van der Waals surface area contributed by atoms with Gasteiger partial charge in [-0.2, -0.15) is 0 Å². The number of esters is 1. The molecule has 0 bridgehead atoms. The fourth-order valence-electron chi connectivity index (χ4n) is 4.75. The summed E-state index contributed by atoms with van der Waals surface area (Å²) in [5.41, 5.74) is 11.4. The third-order valence-electron chi connectivity index (χ3n) is 6.85. The maximum absolute atomic E-state index is 13.8. The van der Waals surface area contributed by atoms with Crippen LogP contribution in [0.2, 0.25) is 0 Å². The maximum Gasteiger partial charge on any atom is 0.358 e. The number of hydrogen-bond acceptors (Lipinski definition) is 7. The molecule has 0 fully saturated rings. The molecule has 0 aliphatic carbocycles. The Morgan fingerprint density at radius 3 is 2.70 bits per heavy atom. The van der Waals surface area contributed by atoms with Gasteiger partial charge in [0.25, 0.3) is 0 Å². The van der Waals surface area contributed by atoms with E-state index in [4.69, 9.17) is 15.2 Å². The molecule has 2 atom stereocenters. The Labute approximate surface area is 236 Å². The zero-order valence-corrected chi connectivity index (χ0v) is 23.0. The summed E-state index contributed by atoms with van der Waals surface area (Å²) in [6.45, 7) is 3.56. The number of fused-ring (bicyclic) bond motifs is 1. The summed E-state index contributed by atoms with van der Waals surface area (Å²) in [5.74, 6) is -1.09. The Balaban J connectivity index is 1.29. The lowest BCUT2D eigenvalue weighted by Crippen LogP contribution is -2.46. The molecule has 0 spiro atoms. The molecule has 1 aromatic heterocycles. The highest BCUT2D eigenvalue weighted by Gasteiger charge is 2.25. The number of rotatable bonds is 11. The van der Waals surface area contributed by atoms with E-state index in [1.807, 2.05) is 30.3 Å². The topological polar surface area (TPSA) is 86.5 Å². The molecule has 6 nitrogen and oxygen atoms in total. The number of thiazole rings is 1. The zero-order chi connectivity index (χ0) is 28.1. The van der Waals surface area contributed by atoms with E-state index >= 15 is 0 Å². The Morgan fingerprint density at radius 2 is 1.90 bits per heavy atom. The summed E-state index contributed by atoms with van der Waals surface area (Å²) in [6, 6.07) is 16.7. The minimum atomic E-state index is -0.768. The molecule has 2 heterocycles. The standard InChI is InChI=1S/C31H31F2N3O3S/c1-2-19-4-3-5-20(10-19)16-35-17-29(26(34)13-21-11-24(32)15-25(33)12-21)39-31(37)27-18-40-30(36-27)23-6-7-28-22(14-23)8-9-38-28/h3-7,10-12,14-15,18,26,29,35H,2,8-9,13,16-17,34H2,1H3. The smallest absolute Gasteiger partial charge is 0.358 e. The molecule has 9 heteroatoms. The summed E-state index contributed by atoms with van der Waals surface area (Å²) in [7, 11) is 0. The SMILES string of the molecule is CCc1cccc(CNCC(OC(=O)c2csc(-c3ccc4c(c3)CCO4)n2)C(N)Cc2cc(F)cc(F)c2)c1. The first-order valence-corrected chi connectivity index (χ1v) is 14.2. The first-order valence-electron chi connectivity index (χ1n) is 13.3. The maximum atomic E-state index is 13.8. The lowest BCUT2D eigenvalue weighted by molar-refractivity contribution is 0.0232. The van der Waals surface area contributed by atoms with Crippen LogP contribution in [0, 0.1) is 11.6 Å². The highest BCUT2D eigenvalue weighted by Crippen LogP contribution is 2.32. The molecule has 3 aromatic carbocycles. The van der Waals surface area contributed by atoms with Crippen molar-refractivity contribution >= 4 is 17.3 Å². The number of carbonyl (C=O) groups is 1. The van der Waals surface area contributed by atoms with Crippen LogP contribution < -0.4 is 15.8 Å². The molecule has 40 heavy (non-hydrogen) atoms. The molecule has 2 unspecified atom stereocenters. The van der Waals surface area contributed by atoms with Crippen LogP contribution in [0.4, 0.5) is 8.78 Å². The van der Waals surface area contributed by atoms with E-state index in [9.17, 15) is 13.6 Å². The molecular formula is C31H31F2N3O3S. The van der Waals surface area contributed by atoms with Gasteiger partial charge in [0.05, 0.1) is 6.61 Å². The van der Waals surface area contributed by atoms with Crippen LogP contribution in [-0.4, -0.2) is 36.3 Å². The summed E-state index contributed by atoms with van der Waals surface area (Å²) in [6.07, 6.45) is 1.13. The van der Waals surface area contributed by atoms with E-state index in [2.05, 4.69) is 29.4 Å². The number of ether oxygens (including phenoxy) is 2. The molecular weight excluding hydrogens is 532 g/mol. The van der Waals surface area contributed by atoms with E-state index in [0.717, 1.165) is 41.3 Å². The number of halogens is 2. The fraction of sp³-hybridized carbons (Fsp3) is 0.290. The summed E-state index contributed by atoms with van der Waals surface area (Å²) in [5, 5.41) is 5.68. The Morgan fingerprint density at radius 1 is 1.10 bits per heavy atom. The minimum Gasteiger partial charge on any atom is -0.493 e. The largest absolute Gasteiger partial charge is 0.493 e. The number of hydrogen-bond donors (Lipinski definition) is 2. The molecule has 0 saturated heterocycles. The first-order chi connectivity index (χ1) is 19.4. The number of nitrogens with zero attached hydrogens (tertiary/aromatic N) is 1. The van der Waals surface area contributed by atoms with Crippen LogP contribution in [0.3, 0.4) is 0 Å². The molecule has 1 aliphatic rings. The normalized spacial score (nSPS) is 13.9. The number of nitrogens with one attached hydrogen (secondary N) is 1. The fourth-order valence-corrected chi connectivity index (χ4v) is 5.53. The van der Waals surface area contributed by atoms with Gasteiger partial charge in [0.15, 0.2) is 5.69 Å². The number of nitrogens with two attached hydrogens (primary N) is 1. The van der Waals surface area contributed by atoms with E-state index in [-0.39, 0.29) is 18.7 Å². The van der Waals surface area contributed by atoms with E-state index in [1.165, 1.54) is 29.0 Å². The van der Waals surface area contributed by atoms with Crippen LogP contribution in [0.15, 0.2) is 66.0 Å². The van der Waals surface area contributed by atoms with Gasteiger partial charge in [0.1, 0.15) is 28.5 Å². The Hall–Kier alpha value is -3.66. The van der Waals surface area contributed by atoms with Gasteiger partial charge in [0.2, 0.25) is 0 Å². The second-order valence-electron chi connectivity index (χ2n) is 9.85. The Kier molecular flexibility index (Phi) is 8.84. The van der Waals surface area contributed by atoms with Gasteiger partial charge in [-0.1, -0.05) is 31.2 Å². The monoisotopic (exact) mass is 563 g/mol. The molecule has 0 radical (unpaired) electrons. The van der Waals surface area contributed by atoms with E-state index < -0.39 is 29.7 Å². The first kappa shape index (κ1) is 27.9. The van der Waals surface area contributed by atoms with Crippen molar-refractivity contribution in [2.45, 2.75) is 44.9 Å². The molecule has 3 N–H and O–H groups in total. The van der Waals surface area contributed by atoms with Gasteiger partial charge in [-0.3, -0.25) is 0 Å². The van der Waals surface area contributed by atoms with Crippen molar-refractivity contribution in [3.05, 3.63) is 106 Å². The van der Waals surface area contributed by atoms with Crippen molar-refractivity contribution in [2.75, 3.05) is 13.2 Å². The third kappa shape index (κ3) is 6.91. The second kappa shape index (κ2) is 12.7. The Bertz CT molecular complexity index is 1470. The van der Waals surface area contributed by atoms with Crippen molar-refractivity contribution in [2.24, 2.45) is 5.73 Å². The molecule has 208 valence electrons. The average Bonchev–Trinajstić information content (AvgIpc) is 3.62. The second-order valence-corrected chi connectivity index (χ2v) is 10.7. The quantitative estimate of drug-likeness (QED) is 0.236. The third-order valence-corrected chi connectivity index (χ3v) is 7.75. The molecule has 4 aromatic rings. The van der Waals surface area contributed by atoms with Gasteiger partial charge < -0.3 is 20.5 Å². The van der Waals surface area contributed by atoms with Crippen molar-refractivity contribution in [3.8, 4) is 16.3 Å². The highest BCUT2D eigenvalue weighted by molar-refractivity contribution is 7.13. The summed E-state index contributed by atoms with van der Waals surface area (Å²) in [4.78, 5) is 17.7. The summed E-state index contributed by atoms with van der Waals surface area (Å²) >= 11 is 1.35. The van der Waals surface area contributed by atoms with Crippen molar-refractivity contribution in [3.63, 3.8) is 0 Å². The predicted molar refractivity (Wildman–Crippen MR) is 152 cm³/mol.